The molecule has 2 aliphatic heterocycles. The van der Waals surface area contributed by atoms with Crippen molar-refractivity contribution in [2.75, 3.05) is 38.0 Å². The molecule has 25 heavy (non-hydrogen) atoms. The van der Waals surface area contributed by atoms with Crippen molar-refractivity contribution in [3.8, 4) is 0 Å². The van der Waals surface area contributed by atoms with E-state index >= 15 is 0 Å². The molecule has 0 radical (unpaired) electrons. The number of halogens is 1. The fourth-order valence-electron chi connectivity index (χ4n) is 4.06. The van der Waals surface area contributed by atoms with E-state index in [4.69, 9.17) is 0 Å². The Balaban J connectivity index is 1.45. The summed E-state index contributed by atoms with van der Waals surface area (Å²) in [5.41, 5.74) is 2.00. The molecule has 138 valence electrons. The lowest BCUT2D eigenvalue weighted by Crippen LogP contribution is -2.44. The Morgan fingerprint density at radius 2 is 2.00 bits per heavy atom. The van der Waals surface area contributed by atoms with Crippen molar-refractivity contribution in [2.24, 2.45) is 11.8 Å². The molecule has 0 spiro atoms. The number of carbonyl (C=O) groups excluding carboxylic acids is 1. The largest absolute Gasteiger partial charge is 0.325 e. The highest BCUT2D eigenvalue weighted by atomic mass is 79.9. The molecule has 1 atom stereocenters. The Labute approximate surface area is 160 Å². The Morgan fingerprint density at radius 1 is 1.24 bits per heavy atom. The number of urea groups is 1. The monoisotopic (exact) mass is 407 g/mol. The lowest BCUT2D eigenvalue weighted by Gasteiger charge is -2.37. The molecule has 5 heteroatoms. The normalized spacial score (nSPS) is 22.8. The van der Waals surface area contributed by atoms with Crippen molar-refractivity contribution in [2.45, 2.75) is 39.5 Å². The molecule has 4 nitrogen and oxygen atoms in total. The molecular formula is C20H30BrN3O. The maximum Gasteiger partial charge on any atom is 0.321 e. The lowest BCUT2D eigenvalue weighted by atomic mass is 9.94. The third kappa shape index (κ3) is 5.20. The number of piperidine rings is 2. The number of hydrogen-bond donors (Lipinski definition) is 1. The minimum Gasteiger partial charge on any atom is -0.325 e. The van der Waals surface area contributed by atoms with Crippen LogP contribution in [-0.4, -0.2) is 48.6 Å². The minimum absolute atomic E-state index is 0.0340. The summed E-state index contributed by atoms with van der Waals surface area (Å²) in [6.07, 6.45) is 4.97. The van der Waals surface area contributed by atoms with Crippen LogP contribution in [0.1, 0.15) is 38.2 Å². The van der Waals surface area contributed by atoms with Crippen LogP contribution < -0.4 is 5.32 Å². The second-order valence-electron chi connectivity index (χ2n) is 7.83. The van der Waals surface area contributed by atoms with Gasteiger partial charge in [-0.15, -0.1) is 0 Å². The highest BCUT2D eigenvalue weighted by molar-refractivity contribution is 9.10. The van der Waals surface area contributed by atoms with Gasteiger partial charge in [-0.1, -0.05) is 22.9 Å². The van der Waals surface area contributed by atoms with Gasteiger partial charge in [-0.05, 0) is 74.8 Å². The van der Waals surface area contributed by atoms with Gasteiger partial charge in [0.1, 0.15) is 0 Å². The fourth-order valence-corrected chi connectivity index (χ4v) is 4.31. The lowest BCUT2D eigenvalue weighted by molar-refractivity contribution is 0.125. The maximum absolute atomic E-state index is 12.5. The third-order valence-electron chi connectivity index (χ3n) is 5.57. The van der Waals surface area contributed by atoms with Gasteiger partial charge in [0.25, 0.3) is 0 Å². The number of benzene rings is 1. The van der Waals surface area contributed by atoms with Crippen LogP contribution in [0.3, 0.4) is 0 Å². The summed E-state index contributed by atoms with van der Waals surface area (Å²) in [6.45, 7) is 9.86. The molecular weight excluding hydrogens is 378 g/mol. The molecule has 2 aliphatic rings. The van der Waals surface area contributed by atoms with Crippen LogP contribution in [0, 0.1) is 18.8 Å². The van der Waals surface area contributed by atoms with Gasteiger partial charge >= 0.3 is 6.03 Å². The van der Waals surface area contributed by atoms with Crippen LogP contribution in [0.25, 0.3) is 0 Å². The number of aryl methyl sites for hydroxylation is 1. The van der Waals surface area contributed by atoms with E-state index in [1.165, 1.54) is 32.5 Å². The van der Waals surface area contributed by atoms with Crippen LogP contribution in [-0.2, 0) is 0 Å². The molecule has 2 heterocycles. The molecule has 3 rings (SSSR count). The first-order valence-electron chi connectivity index (χ1n) is 9.55. The van der Waals surface area contributed by atoms with Crippen molar-refractivity contribution in [3.05, 3.63) is 28.2 Å². The first-order valence-corrected chi connectivity index (χ1v) is 10.3. The summed E-state index contributed by atoms with van der Waals surface area (Å²) in [6, 6.07) is 5.97. The predicted octanol–water partition coefficient (Wildman–Crippen LogP) is 4.73. The van der Waals surface area contributed by atoms with E-state index in [9.17, 15) is 4.79 Å². The van der Waals surface area contributed by atoms with Gasteiger partial charge in [0.15, 0.2) is 0 Å². The van der Waals surface area contributed by atoms with E-state index in [0.29, 0.717) is 0 Å². The number of amides is 2. The van der Waals surface area contributed by atoms with Crippen LogP contribution in [0.4, 0.5) is 10.5 Å². The summed E-state index contributed by atoms with van der Waals surface area (Å²) < 4.78 is 1.07. The number of nitrogens with zero attached hydrogens (tertiary/aromatic N) is 2. The number of nitrogens with one attached hydrogen (secondary N) is 1. The minimum atomic E-state index is 0.0340. The van der Waals surface area contributed by atoms with Gasteiger partial charge in [-0.3, -0.25) is 0 Å². The molecule has 0 saturated carbocycles. The van der Waals surface area contributed by atoms with Crippen LogP contribution >= 0.6 is 15.9 Å². The fraction of sp³-hybridized carbons (Fsp3) is 0.650. The van der Waals surface area contributed by atoms with Gasteiger partial charge < -0.3 is 15.1 Å². The van der Waals surface area contributed by atoms with E-state index in [1.807, 2.05) is 30.0 Å². The van der Waals surface area contributed by atoms with Crippen LogP contribution in [0.2, 0.25) is 0 Å². The van der Waals surface area contributed by atoms with Gasteiger partial charge in [0.05, 0.1) is 0 Å². The second kappa shape index (κ2) is 8.54. The smallest absolute Gasteiger partial charge is 0.321 e. The van der Waals surface area contributed by atoms with Gasteiger partial charge in [-0.2, -0.15) is 0 Å². The first kappa shape index (κ1) is 18.7. The number of carbonyl (C=O) groups is 1. The Hall–Kier alpha value is -1.07. The Bertz CT molecular complexity index is 599. The number of likely N-dealkylation sites (tertiary alicyclic amines) is 2. The summed E-state index contributed by atoms with van der Waals surface area (Å²) in [4.78, 5) is 17.1. The number of rotatable bonds is 3. The third-order valence-corrected chi connectivity index (χ3v) is 6.46. The average Bonchev–Trinajstić information content (AvgIpc) is 2.59. The van der Waals surface area contributed by atoms with Crippen molar-refractivity contribution in [1.82, 2.24) is 9.80 Å². The summed E-state index contributed by atoms with van der Waals surface area (Å²) in [7, 11) is 0. The molecule has 1 N–H and O–H groups in total. The standard InChI is InChI=1S/C20H30BrN3O/c1-15-4-3-9-23(13-15)14-17-7-10-24(11-8-17)20(25)22-18-5-6-19(21)16(2)12-18/h5-6,12,15,17H,3-4,7-11,13-14H2,1-2H3,(H,22,25)/t15-/m0/s1. The molecule has 0 unspecified atom stereocenters. The summed E-state index contributed by atoms with van der Waals surface area (Å²) in [5.74, 6) is 1.58. The van der Waals surface area contributed by atoms with E-state index in [-0.39, 0.29) is 6.03 Å². The summed E-state index contributed by atoms with van der Waals surface area (Å²) in [5, 5.41) is 3.04. The van der Waals surface area contributed by atoms with Crippen molar-refractivity contribution in [1.29, 1.82) is 0 Å². The van der Waals surface area contributed by atoms with E-state index < -0.39 is 0 Å². The second-order valence-corrected chi connectivity index (χ2v) is 8.69. The Kier molecular flexibility index (Phi) is 6.39. The van der Waals surface area contributed by atoms with Crippen LogP contribution in [0.5, 0.6) is 0 Å². The zero-order valence-electron chi connectivity index (χ0n) is 15.4. The molecule has 2 fully saturated rings. The molecule has 0 aromatic heterocycles. The topological polar surface area (TPSA) is 35.6 Å². The summed E-state index contributed by atoms with van der Waals surface area (Å²) >= 11 is 3.50. The quantitative estimate of drug-likeness (QED) is 0.785. The van der Waals surface area contributed by atoms with E-state index in [1.54, 1.807) is 0 Å². The zero-order chi connectivity index (χ0) is 17.8. The highest BCUT2D eigenvalue weighted by Gasteiger charge is 2.26. The van der Waals surface area contributed by atoms with Gasteiger partial charge in [0.2, 0.25) is 0 Å². The number of anilines is 1. The van der Waals surface area contributed by atoms with Crippen molar-refractivity contribution >= 4 is 27.6 Å². The van der Waals surface area contributed by atoms with Gasteiger partial charge in [-0.25, -0.2) is 4.79 Å². The SMILES string of the molecule is Cc1cc(NC(=O)N2CCC(CN3CCC[C@H](C)C3)CC2)ccc1Br. The van der Waals surface area contributed by atoms with E-state index in [0.717, 1.165) is 53.5 Å². The highest BCUT2D eigenvalue weighted by Crippen LogP contribution is 2.24. The van der Waals surface area contributed by atoms with E-state index in [2.05, 4.69) is 33.1 Å². The molecule has 0 bridgehead atoms. The van der Waals surface area contributed by atoms with Crippen molar-refractivity contribution < 1.29 is 4.79 Å². The van der Waals surface area contributed by atoms with Crippen molar-refractivity contribution in [3.63, 3.8) is 0 Å². The number of hydrogen-bond acceptors (Lipinski definition) is 2. The van der Waals surface area contributed by atoms with Crippen LogP contribution in [0.15, 0.2) is 22.7 Å². The molecule has 1 aromatic carbocycles. The molecule has 2 saturated heterocycles. The maximum atomic E-state index is 12.5. The first-order chi connectivity index (χ1) is 12.0. The zero-order valence-corrected chi connectivity index (χ0v) is 17.0. The molecule has 1 aromatic rings. The Morgan fingerprint density at radius 3 is 2.68 bits per heavy atom. The molecule has 2 amide bonds. The average molecular weight is 408 g/mol. The van der Waals surface area contributed by atoms with Gasteiger partial charge in [0, 0.05) is 36.3 Å². The predicted molar refractivity (Wildman–Crippen MR) is 107 cm³/mol. The molecule has 0 aliphatic carbocycles.